The van der Waals surface area contributed by atoms with E-state index in [1.54, 1.807) is 19.2 Å². The van der Waals surface area contributed by atoms with E-state index in [1.165, 1.54) is 12.1 Å². The summed E-state index contributed by atoms with van der Waals surface area (Å²) in [6, 6.07) is 18.1. The molecule has 1 amide bonds. The van der Waals surface area contributed by atoms with Crippen LogP contribution in [-0.4, -0.2) is 36.0 Å². The predicted molar refractivity (Wildman–Crippen MR) is 134 cm³/mol. The number of amides is 1. The first-order valence-corrected chi connectivity index (χ1v) is 12.0. The molecule has 1 aliphatic heterocycles. The van der Waals surface area contributed by atoms with Crippen LogP contribution in [0.25, 0.3) is 22.6 Å². The lowest BCUT2D eigenvalue weighted by Crippen LogP contribution is -2.37. The molecule has 1 saturated heterocycles. The lowest BCUT2D eigenvalue weighted by atomic mass is 9.95. The van der Waals surface area contributed by atoms with Crippen LogP contribution in [0.3, 0.4) is 0 Å². The number of likely N-dealkylation sites (tertiary alicyclic amines) is 1. The van der Waals surface area contributed by atoms with Gasteiger partial charge in [-0.2, -0.15) is 13.2 Å². The Morgan fingerprint density at radius 3 is 2.41 bits per heavy atom. The van der Waals surface area contributed by atoms with E-state index < -0.39 is 11.7 Å². The van der Waals surface area contributed by atoms with Crippen LogP contribution in [0.5, 0.6) is 5.75 Å². The van der Waals surface area contributed by atoms with Crippen LogP contribution < -0.4 is 10.1 Å². The number of benzene rings is 3. The average Bonchev–Trinajstić information content (AvgIpc) is 3.32. The number of rotatable bonds is 6. The van der Waals surface area contributed by atoms with E-state index >= 15 is 0 Å². The van der Waals surface area contributed by atoms with Crippen molar-refractivity contribution in [2.45, 2.75) is 25.6 Å². The molecule has 1 aliphatic rings. The predicted octanol–water partition coefficient (Wildman–Crippen LogP) is 6.37. The number of piperidine rings is 1. The number of aromatic nitrogens is 1. The summed E-state index contributed by atoms with van der Waals surface area (Å²) in [5.74, 6) is 1.05. The number of carbonyl (C=O) groups excluding carboxylic acids is 1. The Hall–Kier alpha value is -3.85. The van der Waals surface area contributed by atoms with Gasteiger partial charge >= 0.3 is 6.18 Å². The van der Waals surface area contributed by atoms with Crippen LogP contribution in [0.4, 0.5) is 18.9 Å². The topological polar surface area (TPSA) is 67.6 Å². The van der Waals surface area contributed by atoms with E-state index in [2.05, 4.69) is 15.2 Å². The van der Waals surface area contributed by atoms with Crippen molar-refractivity contribution in [3.8, 4) is 17.2 Å². The molecule has 0 unspecified atom stereocenters. The normalized spacial score (nSPS) is 15.1. The molecule has 1 aromatic heterocycles. The first-order valence-electron chi connectivity index (χ1n) is 12.0. The van der Waals surface area contributed by atoms with Gasteiger partial charge in [-0.3, -0.25) is 9.69 Å². The van der Waals surface area contributed by atoms with Gasteiger partial charge in [0.15, 0.2) is 5.58 Å². The molecule has 1 fully saturated rings. The zero-order valence-electron chi connectivity index (χ0n) is 20.2. The van der Waals surface area contributed by atoms with Gasteiger partial charge in [0.2, 0.25) is 11.8 Å². The van der Waals surface area contributed by atoms with Gasteiger partial charge < -0.3 is 14.5 Å². The summed E-state index contributed by atoms with van der Waals surface area (Å²) in [6.07, 6.45) is -2.97. The van der Waals surface area contributed by atoms with Gasteiger partial charge in [0, 0.05) is 29.8 Å². The lowest BCUT2D eigenvalue weighted by Gasteiger charge is -2.31. The number of halogens is 3. The van der Waals surface area contributed by atoms with Crippen molar-refractivity contribution in [2.75, 3.05) is 25.5 Å². The first-order chi connectivity index (χ1) is 17.8. The van der Waals surface area contributed by atoms with Crippen LogP contribution in [0.2, 0.25) is 0 Å². The third-order valence-electron chi connectivity index (χ3n) is 6.64. The number of oxazole rings is 1. The summed E-state index contributed by atoms with van der Waals surface area (Å²) in [7, 11) is 1.61. The Morgan fingerprint density at radius 1 is 1.05 bits per heavy atom. The number of nitrogens with zero attached hydrogens (tertiary/aromatic N) is 2. The van der Waals surface area contributed by atoms with Gasteiger partial charge in [-0.15, -0.1) is 0 Å². The molecular weight excluding hydrogens is 483 g/mol. The highest BCUT2D eigenvalue weighted by Gasteiger charge is 2.30. The molecule has 192 valence electrons. The number of carbonyl (C=O) groups is 1. The van der Waals surface area contributed by atoms with Crippen LogP contribution >= 0.6 is 0 Å². The largest absolute Gasteiger partial charge is 0.497 e. The number of fused-ring (bicyclic) bond motifs is 1. The van der Waals surface area contributed by atoms with Crippen molar-refractivity contribution >= 4 is 22.7 Å². The highest BCUT2D eigenvalue weighted by atomic mass is 19.4. The van der Waals surface area contributed by atoms with Crippen LogP contribution in [0, 0.1) is 5.92 Å². The molecule has 0 aliphatic carbocycles. The lowest BCUT2D eigenvalue weighted by molar-refractivity contribution is -0.137. The number of methoxy groups -OCH3 is 1. The first kappa shape index (κ1) is 24.8. The van der Waals surface area contributed by atoms with Crippen LogP contribution in [0.15, 0.2) is 71.1 Å². The zero-order valence-corrected chi connectivity index (χ0v) is 20.2. The van der Waals surface area contributed by atoms with Gasteiger partial charge in [0.05, 0.1) is 12.7 Å². The van der Waals surface area contributed by atoms with E-state index in [-0.39, 0.29) is 11.8 Å². The minimum Gasteiger partial charge on any atom is -0.497 e. The molecule has 1 N–H and O–H groups in total. The second-order valence-corrected chi connectivity index (χ2v) is 9.16. The zero-order chi connectivity index (χ0) is 26.0. The Bertz CT molecular complexity index is 1370. The smallest absolute Gasteiger partial charge is 0.416 e. The minimum atomic E-state index is -4.33. The van der Waals surface area contributed by atoms with E-state index in [0.717, 1.165) is 29.0 Å². The standard InChI is InChI=1S/C28H26F3N3O3/c1-36-23-9-4-20(5-10-23)27-33-24-11-8-22(16-25(24)37-27)32-26(35)19-12-14-34(15-13-19)17-18-2-6-21(7-3-18)28(29,30)31/h2-11,16,19H,12-15,17H2,1H3,(H,32,35). The second-order valence-electron chi connectivity index (χ2n) is 9.16. The fourth-order valence-electron chi connectivity index (χ4n) is 4.51. The van der Waals surface area contributed by atoms with Crippen molar-refractivity contribution in [2.24, 2.45) is 5.92 Å². The number of hydrogen-bond donors (Lipinski definition) is 1. The summed E-state index contributed by atoms with van der Waals surface area (Å²) >= 11 is 0. The average molecular weight is 510 g/mol. The van der Waals surface area contributed by atoms with Gasteiger partial charge in [-0.05, 0) is 80.0 Å². The third kappa shape index (κ3) is 5.77. The molecule has 0 spiro atoms. The summed E-state index contributed by atoms with van der Waals surface area (Å²) in [6.45, 7) is 1.96. The Labute approximate surface area is 212 Å². The van der Waals surface area contributed by atoms with Crippen molar-refractivity contribution in [1.29, 1.82) is 0 Å². The fraction of sp³-hybridized carbons (Fsp3) is 0.286. The summed E-state index contributed by atoms with van der Waals surface area (Å²) in [5, 5.41) is 2.98. The third-order valence-corrected chi connectivity index (χ3v) is 6.64. The molecule has 4 aromatic rings. The molecule has 2 heterocycles. The van der Waals surface area contributed by atoms with E-state index in [1.807, 2.05) is 30.3 Å². The summed E-state index contributed by atoms with van der Waals surface area (Å²) in [5.41, 5.74) is 2.92. The highest BCUT2D eigenvalue weighted by Crippen LogP contribution is 2.30. The molecule has 37 heavy (non-hydrogen) atoms. The Balaban J connectivity index is 1.16. The maximum Gasteiger partial charge on any atom is 0.416 e. The number of ether oxygens (including phenoxy) is 1. The molecule has 0 radical (unpaired) electrons. The maximum absolute atomic E-state index is 12.9. The van der Waals surface area contributed by atoms with Gasteiger partial charge in [-0.1, -0.05) is 12.1 Å². The number of anilines is 1. The molecule has 0 saturated carbocycles. The second kappa shape index (κ2) is 10.3. The van der Waals surface area contributed by atoms with E-state index in [9.17, 15) is 18.0 Å². The van der Waals surface area contributed by atoms with Crippen LogP contribution in [0.1, 0.15) is 24.0 Å². The molecule has 9 heteroatoms. The molecule has 6 nitrogen and oxygen atoms in total. The van der Waals surface area contributed by atoms with Gasteiger partial charge in [0.25, 0.3) is 0 Å². The number of alkyl halides is 3. The fourth-order valence-corrected chi connectivity index (χ4v) is 4.51. The van der Waals surface area contributed by atoms with E-state index in [4.69, 9.17) is 9.15 Å². The van der Waals surface area contributed by atoms with Gasteiger partial charge in [-0.25, -0.2) is 4.98 Å². The summed E-state index contributed by atoms with van der Waals surface area (Å²) in [4.78, 5) is 19.6. The monoisotopic (exact) mass is 509 g/mol. The van der Waals surface area contributed by atoms with Crippen molar-refractivity contribution < 1.29 is 27.1 Å². The molecular formula is C28H26F3N3O3. The van der Waals surface area contributed by atoms with Crippen molar-refractivity contribution in [3.05, 3.63) is 77.9 Å². The molecule has 0 bridgehead atoms. The van der Waals surface area contributed by atoms with Crippen molar-refractivity contribution in [1.82, 2.24) is 9.88 Å². The Morgan fingerprint density at radius 2 is 1.76 bits per heavy atom. The summed E-state index contributed by atoms with van der Waals surface area (Å²) < 4.78 is 49.4. The number of hydrogen-bond acceptors (Lipinski definition) is 5. The Kier molecular flexibility index (Phi) is 6.88. The number of nitrogens with one attached hydrogen (secondary N) is 1. The molecule has 5 rings (SSSR count). The highest BCUT2D eigenvalue weighted by molar-refractivity contribution is 5.94. The molecule has 0 atom stereocenters. The van der Waals surface area contributed by atoms with E-state index in [0.29, 0.717) is 55.2 Å². The minimum absolute atomic E-state index is 0.0524. The van der Waals surface area contributed by atoms with Crippen LogP contribution in [-0.2, 0) is 17.5 Å². The van der Waals surface area contributed by atoms with Crippen molar-refractivity contribution in [3.63, 3.8) is 0 Å². The quantitative estimate of drug-likeness (QED) is 0.327. The SMILES string of the molecule is COc1ccc(-c2nc3ccc(NC(=O)C4CCN(Cc5ccc(C(F)(F)F)cc5)CC4)cc3o2)cc1. The molecule has 3 aromatic carbocycles. The van der Waals surface area contributed by atoms with Gasteiger partial charge in [0.1, 0.15) is 11.3 Å². The maximum atomic E-state index is 12.9.